The van der Waals surface area contributed by atoms with E-state index in [1.807, 2.05) is 9.44 Å². The number of Topliss-reactive ketones (excluding diaryl/α,β-unsaturated/α-hetero) is 1. The molecule has 4 amide bonds. The van der Waals surface area contributed by atoms with Crippen molar-refractivity contribution in [2.24, 2.45) is 4.99 Å². The Labute approximate surface area is 297 Å². The number of rotatable bonds is 7. The van der Waals surface area contributed by atoms with Crippen LogP contribution in [0, 0.1) is 5.82 Å². The molecule has 0 aliphatic carbocycles. The number of benzene rings is 4. The number of aliphatic imine (C=N–C) groups is 1. The number of hydrogen-bond acceptors (Lipinski definition) is 8. The number of piperazine rings is 1. The molecule has 0 atom stereocenters. The molecule has 0 bridgehead atoms. The summed E-state index contributed by atoms with van der Waals surface area (Å²) in [5.41, 5.74) is -0.102. The second-order valence-corrected chi connectivity index (χ2v) is 14.8. The normalized spacial score (nSPS) is 13.8. The first-order valence-corrected chi connectivity index (χ1v) is 18.6. The zero-order chi connectivity index (χ0) is 37.0. The Hall–Kier alpha value is -6.20. The van der Waals surface area contributed by atoms with E-state index < -0.39 is 55.2 Å². The van der Waals surface area contributed by atoms with Gasteiger partial charge in [-0.05, 0) is 36.4 Å². The highest BCUT2D eigenvalue weighted by molar-refractivity contribution is 7.90. The van der Waals surface area contributed by atoms with Crippen molar-refractivity contribution in [1.82, 2.24) is 23.8 Å². The average Bonchev–Trinajstić information content (AvgIpc) is 3.55. The van der Waals surface area contributed by atoms with E-state index in [0.717, 1.165) is 16.8 Å². The molecule has 1 aromatic heterocycles. The zero-order valence-electron chi connectivity index (χ0n) is 27.0. The van der Waals surface area contributed by atoms with Gasteiger partial charge in [-0.1, -0.05) is 72.8 Å². The summed E-state index contributed by atoms with van der Waals surface area (Å²) in [5, 5.41) is -0.346. The number of halogens is 1. The summed E-state index contributed by atoms with van der Waals surface area (Å²) in [4.78, 5) is 59.8. The van der Waals surface area contributed by atoms with Crippen LogP contribution in [0.5, 0.6) is 0 Å². The summed E-state index contributed by atoms with van der Waals surface area (Å²) in [6, 6.07) is 24.1. The van der Waals surface area contributed by atoms with Crippen molar-refractivity contribution in [1.29, 1.82) is 0 Å². The van der Waals surface area contributed by atoms with Crippen LogP contribution in [0.1, 0.15) is 15.9 Å². The molecule has 14 nitrogen and oxygen atoms in total. The minimum absolute atomic E-state index is 0.0444. The molecule has 0 radical (unpaired) electrons. The van der Waals surface area contributed by atoms with Crippen LogP contribution in [0.2, 0.25) is 0 Å². The molecule has 1 saturated heterocycles. The van der Waals surface area contributed by atoms with Crippen molar-refractivity contribution in [2.45, 2.75) is 9.79 Å². The summed E-state index contributed by atoms with van der Waals surface area (Å²) in [7, 11) is -8.55. The number of carbonyl (C=O) groups excluding carboxylic acids is 4. The van der Waals surface area contributed by atoms with Crippen LogP contribution in [-0.4, -0.2) is 87.0 Å². The molecule has 0 spiro atoms. The Morgan fingerprint density at radius 3 is 1.73 bits per heavy atom. The van der Waals surface area contributed by atoms with Crippen molar-refractivity contribution >= 4 is 60.5 Å². The van der Waals surface area contributed by atoms with Gasteiger partial charge >= 0.3 is 12.1 Å². The van der Waals surface area contributed by atoms with Crippen LogP contribution in [0.4, 0.5) is 14.0 Å². The third kappa shape index (κ3) is 7.45. The molecule has 266 valence electrons. The Balaban J connectivity index is 1.20. The Kier molecular flexibility index (Phi) is 9.98. The van der Waals surface area contributed by atoms with Gasteiger partial charge in [0.1, 0.15) is 11.7 Å². The molecule has 6 rings (SSSR count). The van der Waals surface area contributed by atoms with E-state index in [1.165, 1.54) is 65.6 Å². The number of carbonyl (C=O) groups is 4. The number of nitrogens with one attached hydrogen (secondary N) is 2. The van der Waals surface area contributed by atoms with Crippen LogP contribution in [-0.2, 0) is 24.8 Å². The zero-order valence-corrected chi connectivity index (χ0v) is 28.7. The fourth-order valence-corrected chi connectivity index (χ4v) is 7.45. The van der Waals surface area contributed by atoms with Crippen molar-refractivity contribution in [2.75, 3.05) is 26.2 Å². The second-order valence-electron chi connectivity index (χ2n) is 11.4. The molecular weight excluding hydrogens is 716 g/mol. The van der Waals surface area contributed by atoms with Gasteiger partial charge in [-0.15, -0.1) is 0 Å². The number of urea groups is 1. The number of fused-ring (bicyclic) bond motifs is 1. The highest BCUT2D eigenvalue weighted by Crippen LogP contribution is 2.26. The van der Waals surface area contributed by atoms with E-state index in [1.54, 1.807) is 47.4 Å². The summed E-state index contributed by atoms with van der Waals surface area (Å²) >= 11 is 0. The second kappa shape index (κ2) is 14.6. The Morgan fingerprint density at radius 2 is 1.15 bits per heavy atom. The van der Waals surface area contributed by atoms with Gasteiger partial charge in [-0.25, -0.2) is 40.3 Å². The lowest BCUT2D eigenvalue weighted by Gasteiger charge is -2.36. The van der Waals surface area contributed by atoms with Crippen LogP contribution in [0.15, 0.2) is 130 Å². The monoisotopic (exact) mass is 744 g/mol. The molecule has 2 heterocycles. The lowest BCUT2D eigenvalue weighted by Crippen LogP contribution is -2.52. The maximum absolute atomic E-state index is 15.2. The summed E-state index contributed by atoms with van der Waals surface area (Å²) in [6.45, 7) is 0.0528. The van der Waals surface area contributed by atoms with Gasteiger partial charge in [-0.2, -0.15) is 4.99 Å². The number of aromatic nitrogens is 1. The topological polar surface area (TPSA) is 184 Å². The molecule has 0 unspecified atom stereocenters. The summed E-state index contributed by atoms with van der Waals surface area (Å²) < 4.78 is 70.8. The Morgan fingerprint density at radius 1 is 0.635 bits per heavy atom. The molecule has 0 saturated carbocycles. The largest absolute Gasteiger partial charge is 0.356 e. The van der Waals surface area contributed by atoms with E-state index in [2.05, 4.69) is 4.99 Å². The Bertz CT molecular complexity index is 2430. The van der Waals surface area contributed by atoms with E-state index in [4.69, 9.17) is 0 Å². The molecule has 1 fully saturated rings. The highest BCUT2D eigenvalue weighted by Gasteiger charge is 2.32. The smallest absolute Gasteiger partial charge is 0.352 e. The van der Waals surface area contributed by atoms with E-state index in [0.29, 0.717) is 5.56 Å². The molecule has 1 aliphatic rings. The number of amides is 4. The first kappa shape index (κ1) is 35.6. The molecule has 2 N–H and O–H groups in total. The molecule has 17 heteroatoms. The van der Waals surface area contributed by atoms with Gasteiger partial charge < -0.3 is 9.80 Å². The molecule has 4 aromatic carbocycles. The van der Waals surface area contributed by atoms with Crippen molar-refractivity contribution in [3.05, 3.63) is 132 Å². The maximum atomic E-state index is 15.2. The molecule has 5 aromatic rings. The standard InChI is InChI=1S/C35H29FN6O8S2/c36-28-17-10-18-29-30(28)27(23-42(29)35(46)39-52(49,50)26-15-8-3-9-16-26)31(43)33(44)41-21-19-40(20-22-41)32(24-11-4-1-5-12-24)37-34(45)38-51(47,48)25-13-6-2-7-14-25/h1-18,23H,19-22H2,(H,38,45)(H,39,46). The highest BCUT2D eigenvalue weighted by atomic mass is 32.2. The van der Waals surface area contributed by atoms with Crippen molar-refractivity contribution in [3.63, 3.8) is 0 Å². The van der Waals surface area contributed by atoms with Gasteiger partial charge in [0.05, 0.1) is 20.9 Å². The number of ketones is 1. The third-order valence-electron chi connectivity index (χ3n) is 8.09. The summed E-state index contributed by atoms with van der Waals surface area (Å²) in [5.74, 6) is -2.93. The first-order valence-electron chi connectivity index (χ1n) is 15.6. The van der Waals surface area contributed by atoms with Crippen molar-refractivity contribution in [3.8, 4) is 0 Å². The van der Waals surface area contributed by atoms with E-state index in [9.17, 15) is 36.0 Å². The maximum Gasteiger partial charge on any atom is 0.356 e. The number of hydrogen-bond donors (Lipinski definition) is 2. The fraction of sp³-hybridized carbons (Fsp3) is 0.114. The van der Waals surface area contributed by atoms with E-state index >= 15 is 4.39 Å². The first-order chi connectivity index (χ1) is 24.9. The van der Waals surface area contributed by atoms with Crippen LogP contribution < -0.4 is 9.44 Å². The SMILES string of the molecule is O=C(N=C(c1ccccc1)N1CCN(C(=O)C(=O)c2cn(C(=O)NS(=O)(=O)c3ccccc3)c3cccc(F)c23)CC1)NS(=O)(=O)c1ccccc1. The lowest BCUT2D eigenvalue weighted by atomic mass is 10.1. The third-order valence-corrected chi connectivity index (χ3v) is 10.8. The number of amidine groups is 1. The molecule has 1 aliphatic heterocycles. The van der Waals surface area contributed by atoms with Gasteiger partial charge in [0.15, 0.2) is 0 Å². The van der Waals surface area contributed by atoms with Gasteiger partial charge in [0.25, 0.3) is 31.7 Å². The number of sulfonamides is 2. The molecular formula is C35H29FN6O8S2. The average molecular weight is 745 g/mol. The minimum Gasteiger partial charge on any atom is -0.352 e. The van der Waals surface area contributed by atoms with Crippen molar-refractivity contribution < 1.29 is 40.4 Å². The van der Waals surface area contributed by atoms with Gasteiger partial charge in [0, 0.05) is 43.3 Å². The molecule has 52 heavy (non-hydrogen) atoms. The fourth-order valence-electron chi connectivity index (χ4n) is 5.58. The predicted octanol–water partition coefficient (Wildman–Crippen LogP) is 3.60. The number of nitrogens with zero attached hydrogens (tertiary/aromatic N) is 4. The minimum atomic E-state index is -4.34. The van der Waals surface area contributed by atoms with Gasteiger partial charge in [0.2, 0.25) is 0 Å². The van der Waals surface area contributed by atoms with Crippen LogP contribution >= 0.6 is 0 Å². The van der Waals surface area contributed by atoms with E-state index in [-0.39, 0.29) is 52.7 Å². The van der Waals surface area contributed by atoms with Gasteiger partial charge in [-0.3, -0.25) is 14.2 Å². The van der Waals surface area contributed by atoms with Crippen LogP contribution in [0.25, 0.3) is 10.9 Å². The lowest BCUT2D eigenvalue weighted by molar-refractivity contribution is -0.127. The summed E-state index contributed by atoms with van der Waals surface area (Å²) in [6.07, 6.45) is 0.919. The predicted molar refractivity (Wildman–Crippen MR) is 187 cm³/mol. The quantitative estimate of drug-likeness (QED) is 0.109. The van der Waals surface area contributed by atoms with Crippen LogP contribution in [0.3, 0.4) is 0 Å².